The van der Waals surface area contributed by atoms with Gasteiger partial charge in [-0.05, 0) is 11.1 Å². The van der Waals surface area contributed by atoms with Gasteiger partial charge in [0.1, 0.15) is 13.2 Å². The Hall–Kier alpha value is -2.90. The van der Waals surface area contributed by atoms with Gasteiger partial charge in [-0.1, -0.05) is 74.5 Å². The van der Waals surface area contributed by atoms with Crippen molar-refractivity contribution in [1.29, 1.82) is 0 Å². The summed E-state index contributed by atoms with van der Waals surface area (Å²) in [5.41, 5.74) is 2.72. The van der Waals surface area contributed by atoms with Gasteiger partial charge in [-0.3, -0.25) is 0 Å². The van der Waals surface area contributed by atoms with Gasteiger partial charge in [-0.2, -0.15) is 4.98 Å². The van der Waals surface area contributed by atoms with E-state index >= 15 is 0 Å². The van der Waals surface area contributed by atoms with Crippen LogP contribution in [0.15, 0.2) is 66.9 Å². The van der Waals surface area contributed by atoms with Gasteiger partial charge >= 0.3 is 13.1 Å². The summed E-state index contributed by atoms with van der Waals surface area (Å²) in [5.74, 6) is 0.404. The molecule has 0 N–H and O–H groups in total. The largest absolute Gasteiger partial charge is 0.501 e. The van der Waals surface area contributed by atoms with E-state index in [0.29, 0.717) is 37.8 Å². The molecule has 30 heavy (non-hydrogen) atoms. The molecule has 2 heterocycles. The number of hydrogen-bond acceptors (Lipinski definition) is 6. The average Bonchev–Trinajstić information content (AvgIpc) is 2.78. The topological polar surface area (TPSA) is 62.7 Å². The molecule has 1 aliphatic heterocycles. The Labute approximate surface area is 177 Å². The third kappa shape index (κ3) is 5.37. The minimum atomic E-state index is -0.563. The maximum Gasteiger partial charge on any atom is 0.501 e. The van der Waals surface area contributed by atoms with E-state index < -0.39 is 7.12 Å². The van der Waals surface area contributed by atoms with Crippen LogP contribution < -0.4 is 14.9 Å². The molecule has 1 fully saturated rings. The summed E-state index contributed by atoms with van der Waals surface area (Å²) in [4.78, 5) is 8.85. The Bertz CT molecular complexity index is 944. The summed E-state index contributed by atoms with van der Waals surface area (Å²) in [6, 6.07) is 20.1. The molecule has 2 aromatic carbocycles. The van der Waals surface area contributed by atoms with Gasteiger partial charge < -0.3 is 18.8 Å². The van der Waals surface area contributed by atoms with Crippen molar-refractivity contribution < 1.29 is 18.8 Å². The SMILES string of the molecule is CC1(C)COB(c2cnc(OCc3ccccc3)nc2OCc2ccccc2)OC1. The maximum atomic E-state index is 6.03. The van der Waals surface area contributed by atoms with Gasteiger partial charge in [-0.15, -0.1) is 0 Å². The molecule has 7 heteroatoms. The lowest BCUT2D eigenvalue weighted by Gasteiger charge is -2.33. The molecule has 0 radical (unpaired) electrons. The summed E-state index contributed by atoms with van der Waals surface area (Å²) in [7, 11) is -0.563. The van der Waals surface area contributed by atoms with E-state index in [0.717, 1.165) is 11.1 Å². The van der Waals surface area contributed by atoms with E-state index in [1.54, 1.807) is 6.20 Å². The second-order valence-electron chi connectivity index (χ2n) is 8.08. The van der Waals surface area contributed by atoms with E-state index in [1.165, 1.54) is 0 Å². The first-order valence-electron chi connectivity index (χ1n) is 10.0. The van der Waals surface area contributed by atoms with Crippen LogP contribution in [-0.2, 0) is 22.5 Å². The Morgan fingerprint density at radius 2 is 1.43 bits per heavy atom. The van der Waals surface area contributed by atoms with Crippen molar-refractivity contribution in [2.75, 3.05) is 13.2 Å². The van der Waals surface area contributed by atoms with Crippen molar-refractivity contribution in [3.05, 3.63) is 78.0 Å². The van der Waals surface area contributed by atoms with E-state index in [1.807, 2.05) is 60.7 Å². The van der Waals surface area contributed by atoms with Crippen LogP contribution in [0.3, 0.4) is 0 Å². The molecular formula is C23H25BN2O4. The maximum absolute atomic E-state index is 6.03. The molecule has 3 aromatic rings. The molecule has 0 atom stereocenters. The minimum absolute atomic E-state index is 0.0266. The zero-order chi connectivity index (χ0) is 20.8. The lowest BCUT2D eigenvalue weighted by molar-refractivity contribution is 0.0339. The van der Waals surface area contributed by atoms with Crippen LogP contribution in [0.2, 0.25) is 0 Å². The number of ether oxygens (including phenoxy) is 2. The molecule has 4 rings (SSSR count). The number of rotatable bonds is 7. The monoisotopic (exact) mass is 404 g/mol. The van der Waals surface area contributed by atoms with E-state index in [2.05, 4.69) is 23.8 Å². The highest BCUT2D eigenvalue weighted by Crippen LogP contribution is 2.23. The molecule has 1 aliphatic rings. The van der Waals surface area contributed by atoms with Crippen molar-refractivity contribution in [3.63, 3.8) is 0 Å². The number of hydrogen-bond donors (Lipinski definition) is 0. The fraction of sp³-hybridized carbons (Fsp3) is 0.304. The Kier molecular flexibility index (Phi) is 6.30. The smallest absolute Gasteiger partial charge is 0.473 e. The van der Waals surface area contributed by atoms with Crippen molar-refractivity contribution in [2.45, 2.75) is 27.1 Å². The van der Waals surface area contributed by atoms with Gasteiger partial charge in [0.05, 0.1) is 5.46 Å². The van der Waals surface area contributed by atoms with Gasteiger partial charge in [0, 0.05) is 24.8 Å². The molecule has 0 saturated carbocycles. The summed E-state index contributed by atoms with van der Waals surface area (Å²) in [6.45, 7) is 6.13. The number of aromatic nitrogens is 2. The van der Waals surface area contributed by atoms with Crippen LogP contribution in [0.25, 0.3) is 0 Å². The molecule has 0 aliphatic carbocycles. The van der Waals surface area contributed by atoms with Gasteiger partial charge in [-0.25, -0.2) is 4.98 Å². The number of nitrogens with zero attached hydrogens (tertiary/aromatic N) is 2. The molecule has 1 aromatic heterocycles. The lowest BCUT2D eigenvalue weighted by atomic mass is 9.77. The summed E-state index contributed by atoms with van der Waals surface area (Å²) in [6.07, 6.45) is 1.66. The van der Waals surface area contributed by atoms with Gasteiger partial charge in [0.2, 0.25) is 5.88 Å². The molecule has 0 bridgehead atoms. The summed E-state index contributed by atoms with van der Waals surface area (Å²) >= 11 is 0. The summed E-state index contributed by atoms with van der Waals surface area (Å²) < 4.78 is 23.6. The van der Waals surface area contributed by atoms with Crippen LogP contribution in [0.1, 0.15) is 25.0 Å². The molecule has 6 nitrogen and oxygen atoms in total. The normalized spacial score (nSPS) is 15.6. The van der Waals surface area contributed by atoms with Gasteiger partial charge in [0.25, 0.3) is 0 Å². The third-order valence-electron chi connectivity index (χ3n) is 4.69. The van der Waals surface area contributed by atoms with Crippen molar-refractivity contribution in [1.82, 2.24) is 9.97 Å². The Morgan fingerprint density at radius 3 is 2.03 bits per heavy atom. The van der Waals surface area contributed by atoms with Crippen molar-refractivity contribution in [2.24, 2.45) is 5.41 Å². The van der Waals surface area contributed by atoms with Crippen molar-refractivity contribution in [3.8, 4) is 11.9 Å². The third-order valence-corrected chi connectivity index (χ3v) is 4.69. The van der Waals surface area contributed by atoms with Crippen molar-refractivity contribution >= 4 is 12.6 Å². The average molecular weight is 404 g/mol. The van der Waals surface area contributed by atoms with E-state index in [4.69, 9.17) is 18.8 Å². The first kappa shape index (κ1) is 20.4. The van der Waals surface area contributed by atoms with E-state index in [9.17, 15) is 0 Å². The molecule has 0 spiro atoms. The summed E-state index contributed by atoms with van der Waals surface area (Å²) in [5, 5.41) is 0. The quantitative estimate of drug-likeness (QED) is 0.563. The molecule has 0 amide bonds. The van der Waals surface area contributed by atoms with Crippen LogP contribution in [-0.4, -0.2) is 30.3 Å². The zero-order valence-corrected chi connectivity index (χ0v) is 17.3. The zero-order valence-electron chi connectivity index (χ0n) is 17.3. The minimum Gasteiger partial charge on any atom is -0.473 e. The fourth-order valence-electron chi connectivity index (χ4n) is 3.03. The molecule has 0 unspecified atom stereocenters. The molecule has 1 saturated heterocycles. The first-order chi connectivity index (χ1) is 14.6. The predicted octanol–water partition coefficient (Wildman–Crippen LogP) is 3.40. The highest BCUT2D eigenvalue weighted by molar-refractivity contribution is 6.62. The first-order valence-corrected chi connectivity index (χ1v) is 10.0. The van der Waals surface area contributed by atoms with Crippen LogP contribution in [0.4, 0.5) is 0 Å². The second-order valence-corrected chi connectivity index (χ2v) is 8.08. The number of benzene rings is 2. The van der Waals surface area contributed by atoms with E-state index in [-0.39, 0.29) is 11.4 Å². The molecular weight excluding hydrogens is 379 g/mol. The standard InChI is InChI=1S/C23H25BN2O4/c1-23(2)16-29-24(30-17-23)20-13-25-22(28-15-19-11-7-4-8-12-19)26-21(20)27-14-18-9-5-3-6-10-18/h3-13H,14-17H2,1-2H3. The molecule has 154 valence electrons. The highest BCUT2D eigenvalue weighted by atomic mass is 16.6. The Morgan fingerprint density at radius 1 is 0.867 bits per heavy atom. The lowest BCUT2D eigenvalue weighted by Crippen LogP contribution is -2.48. The highest BCUT2D eigenvalue weighted by Gasteiger charge is 2.36. The predicted molar refractivity (Wildman–Crippen MR) is 115 cm³/mol. The Balaban J connectivity index is 1.52. The van der Waals surface area contributed by atoms with Gasteiger partial charge in [0.15, 0.2) is 0 Å². The second kappa shape index (κ2) is 9.28. The fourth-order valence-corrected chi connectivity index (χ4v) is 3.03. The van der Waals surface area contributed by atoms with Crippen LogP contribution >= 0.6 is 0 Å². The van der Waals surface area contributed by atoms with Crippen LogP contribution in [0.5, 0.6) is 11.9 Å². The van der Waals surface area contributed by atoms with Crippen LogP contribution in [0, 0.1) is 5.41 Å².